The monoisotopic (exact) mass is 612 g/mol. The Morgan fingerprint density at radius 2 is 1.00 bits per heavy atom. The van der Waals surface area contributed by atoms with E-state index in [0.717, 1.165) is 33.5 Å². The number of aromatic nitrogens is 2. The standard InChI is InChI=1S/C45H44N2/c1-28-12-16-30(17-13-28)32-22-33(31-18-14-29(2)15-19-31)24-34(23-32)40-10-9-11-41(46-40)39-27-36(45(6,7)8)26-38-37-25-35(44(3,4)5)20-21-42(37)47-43(38)39/h9-27,47H,1-8H3. The summed E-state index contributed by atoms with van der Waals surface area (Å²) in [6.07, 6.45) is 0. The molecule has 2 heteroatoms. The van der Waals surface area contributed by atoms with E-state index in [1.54, 1.807) is 0 Å². The fraction of sp³-hybridized carbons (Fsp3) is 0.222. The first kappa shape index (κ1) is 30.7. The van der Waals surface area contributed by atoms with Gasteiger partial charge in [-0.15, -0.1) is 0 Å². The van der Waals surface area contributed by atoms with Gasteiger partial charge in [0.1, 0.15) is 0 Å². The van der Waals surface area contributed by atoms with Crippen LogP contribution in [0, 0.1) is 13.8 Å². The van der Waals surface area contributed by atoms with Crippen molar-refractivity contribution in [1.29, 1.82) is 0 Å². The third-order valence-corrected chi connectivity index (χ3v) is 9.46. The summed E-state index contributed by atoms with van der Waals surface area (Å²) in [6, 6.07) is 42.5. The van der Waals surface area contributed by atoms with Crippen molar-refractivity contribution >= 4 is 21.8 Å². The van der Waals surface area contributed by atoms with Crippen LogP contribution in [-0.2, 0) is 10.8 Å². The lowest BCUT2D eigenvalue weighted by atomic mass is 9.83. The SMILES string of the molecule is Cc1ccc(-c2cc(-c3ccc(C)cc3)cc(-c3cccc(-c4cc(C(C)(C)C)cc5c4[nH]c4ccc(C(C)(C)C)cc45)n3)c2)cc1. The van der Waals surface area contributed by atoms with Crippen molar-refractivity contribution in [3.05, 3.63) is 138 Å². The first-order valence-electron chi connectivity index (χ1n) is 16.7. The minimum absolute atomic E-state index is 0.0168. The summed E-state index contributed by atoms with van der Waals surface area (Å²) in [5.74, 6) is 0. The average molecular weight is 613 g/mol. The Labute approximate surface area is 279 Å². The van der Waals surface area contributed by atoms with Gasteiger partial charge in [-0.25, -0.2) is 4.98 Å². The molecule has 234 valence electrons. The Morgan fingerprint density at radius 3 is 1.57 bits per heavy atom. The van der Waals surface area contributed by atoms with E-state index in [-0.39, 0.29) is 10.8 Å². The lowest BCUT2D eigenvalue weighted by Gasteiger charge is -2.21. The van der Waals surface area contributed by atoms with Crippen LogP contribution in [0.1, 0.15) is 63.8 Å². The molecule has 0 saturated carbocycles. The second-order valence-electron chi connectivity index (χ2n) is 15.3. The molecule has 0 amide bonds. The van der Waals surface area contributed by atoms with E-state index >= 15 is 0 Å². The molecule has 0 radical (unpaired) electrons. The molecule has 1 N–H and O–H groups in total. The lowest BCUT2D eigenvalue weighted by molar-refractivity contribution is 0.590. The molecular weight excluding hydrogens is 569 g/mol. The van der Waals surface area contributed by atoms with Crippen LogP contribution in [0.15, 0.2) is 115 Å². The Hall–Kier alpha value is -4.95. The van der Waals surface area contributed by atoms with Gasteiger partial charge in [0.05, 0.1) is 16.9 Å². The van der Waals surface area contributed by atoms with Crippen molar-refractivity contribution in [3.8, 4) is 44.8 Å². The molecule has 0 aliphatic rings. The van der Waals surface area contributed by atoms with Crippen LogP contribution < -0.4 is 0 Å². The van der Waals surface area contributed by atoms with E-state index in [9.17, 15) is 0 Å². The molecule has 0 aliphatic heterocycles. The number of hydrogen-bond donors (Lipinski definition) is 1. The van der Waals surface area contributed by atoms with Crippen LogP contribution in [0.4, 0.5) is 0 Å². The smallest absolute Gasteiger partial charge is 0.0730 e. The number of nitrogens with one attached hydrogen (secondary N) is 1. The maximum absolute atomic E-state index is 5.39. The average Bonchev–Trinajstić information content (AvgIpc) is 3.42. The molecule has 47 heavy (non-hydrogen) atoms. The first-order chi connectivity index (χ1) is 22.3. The summed E-state index contributed by atoms with van der Waals surface area (Å²) >= 11 is 0. The first-order valence-corrected chi connectivity index (χ1v) is 16.7. The number of rotatable bonds is 4. The molecule has 0 fully saturated rings. The van der Waals surface area contributed by atoms with Gasteiger partial charge in [0.2, 0.25) is 0 Å². The maximum atomic E-state index is 5.39. The quantitative estimate of drug-likeness (QED) is 0.210. The Kier molecular flexibility index (Phi) is 7.43. The van der Waals surface area contributed by atoms with E-state index in [1.807, 2.05) is 0 Å². The molecule has 0 bridgehead atoms. The summed E-state index contributed by atoms with van der Waals surface area (Å²) in [5.41, 5.74) is 16.5. The van der Waals surface area contributed by atoms with Crippen LogP contribution in [-0.4, -0.2) is 9.97 Å². The van der Waals surface area contributed by atoms with Crippen molar-refractivity contribution in [3.63, 3.8) is 0 Å². The molecule has 7 rings (SSSR count). The second kappa shape index (κ2) is 11.4. The predicted molar refractivity (Wildman–Crippen MR) is 202 cm³/mol. The highest BCUT2D eigenvalue weighted by Crippen LogP contribution is 2.40. The largest absolute Gasteiger partial charge is 0.354 e. The Morgan fingerprint density at radius 1 is 0.468 bits per heavy atom. The third kappa shape index (κ3) is 6.01. The fourth-order valence-electron chi connectivity index (χ4n) is 6.45. The van der Waals surface area contributed by atoms with E-state index in [2.05, 4.69) is 176 Å². The van der Waals surface area contributed by atoms with Crippen LogP contribution in [0.2, 0.25) is 0 Å². The van der Waals surface area contributed by atoms with Crippen molar-refractivity contribution in [1.82, 2.24) is 9.97 Å². The van der Waals surface area contributed by atoms with Crippen molar-refractivity contribution in [2.75, 3.05) is 0 Å². The van der Waals surface area contributed by atoms with Crippen LogP contribution >= 0.6 is 0 Å². The molecule has 0 spiro atoms. The molecule has 0 saturated heterocycles. The summed E-state index contributed by atoms with van der Waals surface area (Å²) in [6.45, 7) is 18.0. The fourth-order valence-corrected chi connectivity index (χ4v) is 6.45. The highest BCUT2D eigenvalue weighted by Gasteiger charge is 2.22. The Balaban J connectivity index is 1.43. The molecule has 2 nitrogen and oxygen atoms in total. The van der Waals surface area contributed by atoms with E-state index in [0.29, 0.717) is 0 Å². The number of pyridine rings is 1. The number of fused-ring (bicyclic) bond motifs is 3. The van der Waals surface area contributed by atoms with Crippen molar-refractivity contribution in [2.24, 2.45) is 0 Å². The van der Waals surface area contributed by atoms with Gasteiger partial charge < -0.3 is 4.98 Å². The molecule has 0 atom stereocenters. The number of nitrogens with zero attached hydrogens (tertiary/aromatic N) is 1. The molecule has 5 aromatic carbocycles. The predicted octanol–water partition coefficient (Wildman–Crippen LogP) is 12.6. The van der Waals surface area contributed by atoms with Crippen molar-refractivity contribution in [2.45, 2.75) is 66.2 Å². The van der Waals surface area contributed by atoms with Gasteiger partial charge >= 0.3 is 0 Å². The minimum atomic E-state index is -0.0168. The summed E-state index contributed by atoms with van der Waals surface area (Å²) in [5, 5.41) is 2.52. The van der Waals surface area contributed by atoms with Gasteiger partial charge in [-0.05, 0) is 113 Å². The van der Waals surface area contributed by atoms with Gasteiger partial charge in [0.15, 0.2) is 0 Å². The second-order valence-corrected chi connectivity index (χ2v) is 15.3. The third-order valence-electron chi connectivity index (χ3n) is 9.46. The summed E-state index contributed by atoms with van der Waals surface area (Å²) in [7, 11) is 0. The molecule has 7 aromatic rings. The van der Waals surface area contributed by atoms with Gasteiger partial charge in [-0.2, -0.15) is 0 Å². The molecule has 0 unspecified atom stereocenters. The number of aryl methyl sites for hydroxylation is 2. The number of aromatic amines is 1. The molecule has 2 aromatic heterocycles. The van der Waals surface area contributed by atoms with Crippen LogP contribution in [0.25, 0.3) is 66.6 Å². The lowest BCUT2D eigenvalue weighted by Crippen LogP contribution is -2.11. The zero-order valence-electron chi connectivity index (χ0n) is 28.9. The number of H-pyrrole nitrogens is 1. The summed E-state index contributed by atoms with van der Waals surface area (Å²) < 4.78 is 0. The molecular formula is C45H44N2. The summed E-state index contributed by atoms with van der Waals surface area (Å²) in [4.78, 5) is 9.18. The molecule has 0 aliphatic carbocycles. The highest BCUT2D eigenvalue weighted by atomic mass is 14.7. The van der Waals surface area contributed by atoms with E-state index in [1.165, 1.54) is 55.3 Å². The minimum Gasteiger partial charge on any atom is -0.354 e. The van der Waals surface area contributed by atoms with Crippen LogP contribution in [0.3, 0.4) is 0 Å². The van der Waals surface area contributed by atoms with Crippen LogP contribution in [0.5, 0.6) is 0 Å². The topological polar surface area (TPSA) is 28.7 Å². The van der Waals surface area contributed by atoms with E-state index in [4.69, 9.17) is 4.98 Å². The van der Waals surface area contributed by atoms with Crippen molar-refractivity contribution < 1.29 is 0 Å². The molecule has 2 heterocycles. The Bertz CT molecular complexity index is 2190. The van der Waals surface area contributed by atoms with Gasteiger partial charge in [0.25, 0.3) is 0 Å². The maximum Gasteiger partial charge on any atom is 0.0730 e. The van der Waals surface area contributed by atoms with Gasteiger partial charge in [-0.3, -0.25) is 0 Å². The van der Waals surface area contributed by atoms with Gasteiger partial charge in [-0.1, -0.05) is 113 Å². The normalized spacial score (nSPS) is 12.3. The number of benzene rings is 5. The zero-order valence-corrected chi connectivity index (χ0v) is 28.9. The zero-order chi connectivity index (χ0) is 33.1. The number of hydrogen-bond acceptors (Lipinski definition) is 1. The van der Waals surface area contributed by atoms with Gasteiger partial charge in [0, 0.05) is 27.4 Å². The highest BCUT2D eigenvalue weighted by molar-refractivity contribution is 6.12. The van der Waals surface area contributed by atoms with E-state index < -0.39 is 0 Å².